The van der Waals surface area contributed by atoms with Crippen LogP contribution in [0.2, 0.25) is 5.02 Å². The van der Waals surface area contributed by atoms with E-state index >= 15 is 0 Å². The molecule has 6 nitrogen and oxygen atoms in total. The number of carbonyl (C=O) groups is 1. The number of hydrogen-bond donors (Lipinski definition) is 1. The minimum absolute atomic E-state index is 0.0926. The summed E-state index contributed by atoms with van der Waals surface area (Å²) in [6.07, 6.45) is 3.94. The first-order chi connectivity index (χ1) is 11.4. The largest absolute Gasteiger partial charge is 0.376 e. The molecule has 0 radical (unpaired) electrons. The van der Waals surface area contributed by atoms with E-state index in [2.05, 4.69) is 5.32 Å². The lowest BCUT2D eigenvalue weighted by atomic mass is 10.2. The van der Waals surface area contributed by atoms with Crippen LogP contribution in [0.5, 0.6) is 0 Å². The van der Waals surface area contributed by atoms with Crippen molar-refractivity contribution in [3.63, 3.8) is 0 Å². The molecule has 0 spiro atoms. The number of sulfonamides is 1. The molecular weight excluding hydrogens is 352 g/mol. The Morgan fingerprint density at radius 2 is 2.25 bits per heavy atom. The molecule has 24 heavy (non-hydrogen) atoms. The summed E-state index contributed by atoms with van der Waals surface area (Å²) in [4.78, 5) is 11.9. The fourth-order valence-electron chi connectivity index (χ4n) is 2.62. The summed E-state index contributed by atoms with van der Waals surface area (Å²) in [5, 5.41) is 3.30. The van der Waals surface area contributed by atoms with Crippen molar-refractivity contribution in [2.24, 2.45) is 0 Å². The van der Waals surface area contributed by atoms with E-state index in [1.807, 2.05) is 0 Å². The maximum Gasteiger partial charge on any atom is 0.232 e. The monoisotopic (exact) mass is 374 g/mol. The minimum atomic E-state index is -3.44. The van der Waals surface area contributed by atoms with Gasteiger partial charge in [-0.15, -0.1) is 0 Å². The van der Waals surface area contributed by atoms with Crippen molar-refractivity contribution >= 4 is 33.2 Å². The summed E-state index contributed by atoms with van der Waals surface area (Å²) in [5.41, 5.74) is 0.504. The van der Waals surface area contributed by atoms with Gasteiger partial charge in [-0.05, 0) is 37.5 Å². The summed E-state index contributed by atoms with van der Waals surface area (Å²) >= 11 is 5.93. The molecule has 1 atom stereocenters. The zero-order valence-corrected chi connectivity index (χ0v) is 15.3. The average molecular weight is 375 g/mol. The van der Waals surface area contributed by atoms with Crippen molar-refractivity contribution in [2.45, 2.75) is 31.8 Å². The molecule has 1 N–H and O–H groups in total. The molecule has 1 saturated heterocycles. The van der Waals surface area contributed by atoms with Crippen molar-refractivity contribution in [3.05, 3.63) is 29.3 Å². The van der Waals surface area contributed by atoms with E-state index in [0.29, 0.717) is 23.7 Å². The van der Waals surface area contributed by atoms with Gasteiger partial charge in [0.05, 0.1) is 18.0 Å². The zero-order valence-electron chi connectivity index (χ0n) is 13.7. The van der Waals surface area contributed by atoms with E-state index in [1.54, 1.807) is 24.3 Å². The molecule has 1 aliphatic heterocycles. The molecule has 8 heteroatoms. The molecule has 134 valence electrons. The van der Waals surface area contributed by atoms with Crippen molar-refractivity contribution in [2.75, 3.05) is 30.3 Å². The normalized spacial score (nSPS) is 17.7. The highest BCUT2D eigenvalue weighted by Gasteiger charge is 2.19. The number of benzene rings is 1. The van der Waals surface area contributed by atoms with E-state index in [9.17, 15) is 13.2 Å². The van der Waals surface area contributed by atoms with Gasteiger partial charge >= 0.3 is 0 Å². The molecule has 1 amide bonds. The second-order valence-corrected chi connectivity index (χ2v) is 8.20. The van der Waals surface area contributed by atoms with Gasteiger partial charge in [0.25, 0.3) is 0 Å². The predicted molar refractivity (Wildman–Crippen MR) is 94.9 cm³/mol. The standard InChI is InChI=1S/C16H23ClN2O4S/c1-24(21,22)19(14-6-2-5-13(17)11-14)9-3-8-16(20)18-12-15-7-4-10-23-15/h2,5-6,11,15H,3-4,7-10,12H2,1H3,(H,18,20)/t15-/m0/s1. The highest BCUT2D eigenvalue weighted by atomic mass is 35.5. The molecule has 0 aromatic heterocycles. The molecule has 0 unspecified atom stereocenters. The number of ether oxygens (including phenoxy) is 1. The molecular formula is C16H23ClN2O4S. The Hall–Kier alpha value is -1.31. The summed E-state index contributed by atoms with van der Waals surface area (Å²) < 4.78 is 30.7. The lowest BCUT2D eigenvalue weighted by Crippen LogP contribution is -2.34. The van der Waals surface area contributed by atoms with Gasteiger partial charge < -0.3 is 10.1 Å². The lowest BCUT2D eigenvalue weighted by molar-refractivity contribution is -0.121. The molecule has 1 aromatic carbocycles. The number of amides is 1. The first-order valence-corrected chi connectivity index (χ1v) is 10.2. The molecule has 0 aliphatic carbocycles. The third kappa shape index (κ3) is 5.96. The van der Waals surface area contributed by atoms with Gasteiger partial charge in [0, 0.05) is 31.1 Å². The van der Waals surface area contributed by atoms with Gasteiger partial charge in [0.2, 0.25) is 15.9 Å². The summed E-state index contributed by atoms with van der Waals surface area (Å²) in [6.45, 7) is 1.50. The number of nitrogens with zero attached hydrogens (tertiary/aromatic N) is 1. The smallest absolute Gasteiger partial charge is 0.232 e. The van der Waals surface area contributed by atoms with Gasteiger partial charge in [-0.2, -0.15) is 0 Å². The Kier molecular flexibility index (Phi) is 6.89. The van der Waals surface area contributed by atoms with Crippen LogP contribution in [0.4, 0.5) is 5.69 Å². The van der Waals surface area contributed by atoms with Crippen molar-refractivity contribution < 1.29 is 17.9 Å². The van der Waals surface area contributed by atoms with Gasteiger partial charge in [-0.1, -0.05) is 17.7 Å². The van der Waals surface area contributed by atoms with Crippen LogP contribution in [-0.4, -0.2) is 46.4 Å². The van der Waals surface area contributed by atoms with Gasteiger partial charge in [0.15, 0.2) is 0 Å². The molecule has 1 aliphatic rings. The first kappa shape index (κ1) is 19.0. The molecule has 0 saturated carbocycles. The Morgan fingerprint density at radius 1 is 1.46 bits per heavy atom. The van der Waals surface area contributed by atoms with Crippen molar-refractivity contribution in [3.8, 4) is 0 Å². The van der Waals surface area contributed by atoms with E-state index in [0.717, 1.165) is 25.7 Å². The highest BCUT2D eigenvalue weighted by Crippen LogP contribution is 2.22. The molecule has 1 heterocycles. The maximum absolute atomic E-state index is 12.0. The third-order valence-corrected chi connectivity index (χ3v) is 5.24. The molecule has 1 aromatic rings. The minimum Gasteiger partial charge on any atom is -0.376 e. The summed E-state index contributed by atoms with van der Waals surface area (Å²) in [7, 11) is -3.44. The van der Waals surface area contributed by atoms with Crippen LogP contribution in [0.1, 0.15) is 25.7 Å². The number of carbonyl (C=O) groups excluding carboxylic acids is 1. The number of halogens is 1. The number of nitrogens with one attached hydrogen (secondary N) is 1. The van der Waals surface area contributed by atoms with Crippen LogP contribution in [-0.2, 0) is 19.6 Å². The zero-order chi connectivity index (χ0) is 17.6. The SMILES string of the molecule is CS(=O)(=O)N(CCCC(=O)NC[C@@H]1CCCO1)c1cccc(Cl)c1. The number of hydrogen-bond acceptors (Lipinski definition) is 4. The van der Waals surface area contributed by atoms with E-state index in [-0.39, 0.29) is 25.0 Å². The second kappa shape index (κ2) is 8.69. The lowest BCUT2D eigenvalue weighted by Gasteiger charge is -2.22. The summed E-state index contributed by atoms with van der Waals surface area (Å²) in [6, 6.07) is 6.67. The maximum atomic E-state index is 12.0. The Bertz CT molecular complexity index is 660. The quantitative estimate of drug-likeness (QED) is 0.756. The average Bonchev–Trinajstić information content (AvgIpc) is 3.01. The van der Waals surface area contributed by atoms with Crippen LogP contribution in [0.3, 0.4) is 0 Å². The van der Waals surface area contributed by atoms with Crippen molar-refractivity contribution in [1.82, 2.24) is 5.32 Å². The van der Waals surface area contributed by atoms with Gasteiger partial charge in [0.1, 0.15) is 0 Å². The fourth-order valence-corrected chi connectivity index (χ4v) is 3.76. The van der Waals surface area contributed by atoms with Gasteiger partial charge in [-0.25, -0.2) is 8.42 Å². The topological polar surface area (TPSA) is 75.7 Å². The van der Waals surface area contributed by atoms with Crippen LogP contribution in [0, 0.1) is 0 Å². The van der Waals surface area contributed by atoms with E-state index in [1.165, 1.54) is 4.31 Å². The van der Waals surface area contributed by atoms with Crippen LogP contribution < -0.4 is 9.62 Å². The first-order valence-electron chi connectivity index (χ1n) is 7.98. The predicted octanol–water partition coefficient (Wildman–Crippen LogP) is 2.18. The fraction of sp³-hybridized carbons (Fsp3) is 0.562. The van der Waals surface area contributed by atoms with Gasteiger partial charge in [-0.3, -0.25) is 9.10 Å². The number of rotatable bonds is 8. The van der Waals surface area contributed by atoms with Crippen LogP contribution in [0.15, 0.2) is 24.3 Å². The third-order valence-electron chi connectivity index (χ3n) is 3.81. The Labute approximate surface area is 148 Å². The van der Waals surface area contributed by atoms with Crippen molar-refractivity contribution in [1.29, 1.82) is 0 Å². The van der Waals surface area contributed by atoms with E-state index < -0.39 is 10.0 Å². The van der Waals surface area contributed by atoms with Crippen LogP contribution >= 0.6 is 11.6 Å². The molecule has 2 rings (SSSR count). The Morgan fingerprint density at radius 3 is 2.88 bits per heavy atom. The number of anilines is 1. The highest BCUT2D eigenvalue weighted by molar-refractivity contribution is 7.92. The summed E-state index contributed by atoms with van der Waals surface area (Å²) in [5.74, 6) is -0.0926. The van der Waals surface area contributed by atoms with E-state index in [4.69, 9.17) is 16.3 Å². The molecule has 0 bridgehead atoms. The second-order valence-electron chi connectivity index (χ2n) is 5.86. The Balaban J connectivity index is 1.83. The van der Waals surface area contributed by atoms with Crippen LogP contribution in [0.25, 0.3) is 0 Å². The molecule has 1 fully saturated rings.